The first kappa shape index (κ1) is 19.6. The zero-order chi connectivity index (χ0) is 16.8. The van der Waals surface area contributed by atoms with Gasteiger partial charge in [0.15, 0.2) is 17.5 Å². The van der Waals surface area contributed by atoms with Gasteiger partial charge in [-0.1, -0.05) is 0 Å². The number of nitrogens with two attached hydrogens (primary N) is 1. The van der Waals surface area contributed by atoms with Crippen LogP contribution in [-0.4, -0.2) is 30.4 Å². The van der Waals surface area contributed by atoms with E-state index in [1.165, 1.54) is 0 Å². The highest BCUT2D eigenvalue weighted by Crippen LogP contribution is 2.32. The van der Waals surface area contributed by atoms with Gasteiger partial charge >= 0.3 is 0 Å². The number of guanidine groups is 1. The first-order chi connectivity index (χ1) is 11.7. The molecule has 0 spiro atoms. The number of hydrogen-bond donors (Lipinski definition) is 2. The van der Waals surface area contributed by atoms with Gasteiger partial charge in [0, 0.05) is 24.4 Å². The number of benzene rings is 1. The molecule has 0 fully saturated rings. The highest BCUT2D eigenvalue weighted by atomic mass is 127. The Bertz CT molecular complexity index is 742. The van der Waals surface area contributed by atoms with Gasteiger partial charge in [-0.25, -0.2) is 9.98 Å². The second-order valence-electron chi connectivity index (χ2n) is 5.24. The standard InChI is InChI=1S/C17H20N4O2S.HI/c1-24-16-9-12(5-6-19-16)11-20-17(18)21-13-3-4-14-15(10-13)23-8-2-7-22-14;/h3-6,9-10H,2,7-8,11H2,1H3,(H3,18,20,21);1H. The fourth-order valence-corrected chi connectivity index (χ4v) is 2.70. The molecular weight excluding hydrogens is 451 g/mol. The van der Waals surface area contributed by atoms with Gasteiger partial charge in [0.2, 0.25) is 0 Å². The van der Waals surface area contributed by atoms with Crippen molar-refractivity contribution < 1.29 is 9.47 Å². The zero-order valence-corrected chi connectivity index (χ0v) is 17.0. The van der Waals surface area contributed by atoms with Crippen LogP contribution in [0.1, 0.15) is 12.0 Å². The molecule has 1 aromatic heterocycles. The number of rotatable bonds is 4. The maximum Gasteiger partial charge on any atom is 0.193 e. The molecule has 8 heteroatoms. The summed E-state index contributed by atoms with van der Waals surface area (Å²) in [5, 5.41) is 4.05. The summed E-state index contributed by atoms with van der Waals surface area (Å²) in [5.74, 6) is 1.84. The number of hydrogen-bond acceptors (Lipinski definition) is 5. The Morgan fingerprint density at radius 2 is 2.04 bits per heavy atom. The molecule has 0 atom stereocenters. The Balaban J connectivity index is 0.00000225. The third kappa shape index (κ3) is 5.67. The van der Waals surface area contributed by atoms with Crippen LogP contribution < -0.4 is 20.5 Å². The minimum atomic E-state index is 0. The maximum absolute atomic E-state index is 5.98. The molecule has 0 saturated heterocycles. The third-order valence-corrected chi connectivity index (χ3v) is 4.10. The minimum absolute atomic E-state index is 0. The molecule has 3 rings (SSSR count). The van der Waals surface area contributed by atoms with Crippen LogP contribution in [0.5, 0.6) is 11.5 Å². The second-order valence-corrected chi connectivity index (χ2v) is 6.07. The molecule has 0 aliphatic carbocycles. The van der Waals surface area contributed by atoms with E-state index in [4.69, 9.17) is 15.2 Å². The van der Waals surface area contributed by atoms with Crippen LogP contribution in [-0.2, 0) is 6.54 Å². The van der Waals surface area contributed by atoms with Crippen LogP contribution in [0.3, 0.4) is 0 Å². The molecule has 25 heavy (non-hydrogen) atoms. The van der Waals surface area contributed by atoms with Gasteiger partial charge in [0.25, 0.3) is 0 Å². The van der Waals surface area contributed by atoms with Crippen molar-refractivity contribution >= 4 is 47.4 Å². The van der Waals surface area contributed by atoms with E-state index in [9.17, 15) is 0 Å². The molecule has 2 aromatic rings. The topological polar surface area (TPSA) is 81.8 Å². The van der Waals surface area contributed by atoms with Crippen molar-refractivity contribution in [1.82, 2.24) is 4.98 Å². The lowest BCUT2D eigenvalue weighted by molar-refractivity contribution is 0.297. The summed E-state index contributed by atoms with van der Waals surface area (Å²) in [4.78, 5) is 8.61. The number of anilines is 1. The van der Waals surface area contributed by atoms with Crippen LogP contribution in [0.2, 0.25) is 0 Å². The molecule has 0 saturated carbocycles. The van der Waals surface area contributed by atoms with Gasteiger partial charge < -0.3 is 20.5 Å². The van der Waals surface area contributed by atoms with Crippen molar-refractivity contribution in [2.45, 2.75) is 18.0 Å². The third-order valence-electron chi connectivity index (χ3n) is 3.46. The number of nitrogens with zero attached hydrogens (tertiary/aromatic N) is 2. The summed E-state index contributed by atoms with van der Waals surface area (Å²) in [7, 11) is 0. The predicted octanol–water partition coefficient (Wildman–Crippen LogP) is 3.51. The van der Waals surface area contributed by atoms with Gasteiger partial charge in [-0.05, 0) is 36.1 Å². The lowest BCUT2D eigenvalue weighted by Crippen LogP contribution is -2.22. The van der Waals surface area contributed by atoms with Gasteiger partial charge in [0.1, 0.15) is 0 Å². The van der Waals surface area contributed by atoms with Crippen LogP contribution in [0.15, 0.2) is 46.5 Å². The number of aliphatic imine (C=N–C) groups is 1. The number of thioether (sulfide) groups is 1. The summed E-state index contributed by atoms with van der Waals surface area (Å²) in [6.45, 7) is 1.83. The second kappa shape index (κ2) is 9.71. The van der Waals surface area contributed by atoms with Crippen molar-refractivity contribution in [3.05, 3.63) is 42.1 Å². The molecular formula is C17H21IN4O2S. The molecule has 6 nitrogen and oxygen atoms in total. The van der Waals surface area contributed by atoms with E-state index in [2.05, 4.69) is 15.3 Å². The summed E-state index contributed by atoms with van der Waals surface area (Å²) >= 11 is 1.60. The Kier molecular flexibility index (Phi) is 7.63. The molecule has 0 unspecified atom stereocenters. The van der Waals surface area contributed by atoms with E-state index in [1.807, 2.05) is 36.6 Å². The average molecular weight is 472 g/mol. The summed E-state index contributed by atoms with van der Waals surface area (Å²) in [6, 6.07) is 9.60. The maximum atomic E-state index is 5.98. The van der Waals surface area contributed by atoms with Crippen LogP contribution >= 0.6 is 35.7 Å². The normalized spacial score (nSPS) is 13.6. The van der Waals surface area contributed by atoms with Crippen molar-refractivity contribution in [3.8, 4) is 11.5 Å². The van der Waals surface area contributed by atoms with Crippen molar-refractivity contribution in [2.75, 3.05) is 24.8 Å². The van der Waals surface area contributed by atoms with E-state index < -0.39 is 0 Å². The Labute approximate surface area is 168 Å². The van der Waals surface area contributed by atoms with Crippen LogP contribution in [0.4, 0.5) is 5.69 Å². The van der Waals surface area contributed by atoms with Crippen molar-refractivity contribution in [1.29, 1.82) is 0 Å². The van der Waals surface area contributed by atoms with Gasteiger partial charge in [-0.3, -0.25) is 0 Å². The lowest BCUT2D eigenvalue weighted by Gasteiger charge is -2.10. The Morgan fingerprint density at radius 1 is 1.24 bits per heavy atom. The molecule has 2 heterocycles. The van der Waals surface area contributed by atoms with E-state index in [1.54, 1.807) is 18.0 Å². The summed E-state index contributed by atoms with van der Waals surface area (Å²) < 4.78 is 11.3. The zero-order valence-electron chi connectivity index (χ0n) is 13.9. The fourth-order valence-electron chi connectivity index (χ4n) is 2.27. The highest BCUT2D eigenvalue weighted by molar-refractivity contribution is 14.0. The largest absolute Gasteiger partial charge is 0.490 e. The fraction of sp³-hybridized carbons (Fsp3) is 0.294. The number of nitrogens with one attached hydrogen (secondary N) is 1. The van der Waals surface area contributed by atoms with Gasteiger partial charge in [0.05, 0.1) is 24.8 Å². The number of ether oxygens (including phenoxy) is 2. The molecule has 1 aliphatic rings. The number of halogens is 1. The quantitative estimate of drug-likeness (QED) is 0.307. The van der Waals surface area contributed by atoms with E-state index in [0.717, 1.165) is 34.2 Å². The van der Waals surface area contributed by atoms with Gasteiger partial charge in [-0.2, -0.15) is 0 Å². The Morgan fingerprint density at radius 3 is 2.84 bits per heavy atom. The molecule has 1 aromatic carbocycles. The first-order valence-electron chi connectivity index (χ1n) is 7.70. The van der Waals surface area contributed by atoms with E-state index in [0.29, 0.717) is 25.7 Å². The van der Waals surface area contributed by atoms with Crippen LogP contribution in [0, 0.1) is 0 Å². The van der Waals surface area contributed by atoms with Crippen molar-refractivity contribution in [2.24, 2.45) is 10.7 Å². The average Bonchev–Trinajstić information content (AvgIpc) is 2.85. The van der Waals surface area contributed by atoms with E-state index in [-0.39, 0.29) is 24.0 Å². The molecule has 0 amide bonds. The number of fused-ring (bicyclic) bond motifs is 1. The number of pyridine rings is 1. The van der Waals surface area contributed by atoms with E-state index >= 15 is 0 Å². The monoisotopic (exact) mass is 472 g/mol. The van der Waals surface area contributed by atoms with Crippen molar-refractivity contribution in [3.63, 3.8) is 0 Å². The smallest absolute Gasteiger partial charge is 0.193 e. The lowest BCUT2D eigenvalue weighted by atomic mass is 10.2. The summed E-state index contributed by atoms with van der Waals surface area (Å²) in [5.41, 5.74) is 7.86. The minimum Gasteiger partial charge on any atom is -0.490 e. The molecule has 134 valence electrons. The summed E-state index contributed by atoms with van der Waals surface area (Å²) in [6.07, 6.45) is 4.66. The molecule has 0 radical (unpaired) electrons. The van der Waals surface area contributed by atoms with Gasteiger partial charge in [-0.15, -0.1) is 35.7 Å². The molecule has 1 aliphatic heterocycles. The Hall–Kier alpha value is -1.68. The number of aromatic nitrogens is 1. The van der Waals surface area contributed by atoms with Crippen LogP contribution in [0.25, 0.3) is 0 Å². The first-order valence-corrected chi connectivity index (χ1v) is 8.92. The SMILES string of the molecule is CSc1cc(CN=C(N)Nc2ccc3c(c2)OCCCO3)ccn1.I. The predicted molar refractivity (Wildman–Crippen MR) is 112 cm³/mol. The molecule has 0 bridgehead atoms. The highest BCUT2D eigenvalue weighted by Gasteiger charge is 2.10. The molecule has 3 N–H and O–H groups in total.